The van der Waals surface area contributed by atoms with Crippen molar-refractivity contribution < 1.29 is 32.2 Å². The lowest BCUT2D eigenvalue weighted by Gasteiger charge is -2.27. The summed E-state index contributed by atoms with van der Waals surface area (Å²) in [5.74, 6) is 1.36. The van der Waals surface area contributed by atoms with Crippen LogP contribution in [0.3, 0.4) is 0 Å². The van der Waals surface area contributed by atoms with Crippen LogP contribution < -0.4 is 29.3 Å². The Labute approximate surface area is 256 Å². The van der Waals surface area contributed by atoms with Crippen LogP contribution in [0.15, 0.2) is 108 Å². The highest BCUT2D eigenvalue weighted by atomic mass is 32.2. The third-order valence-corrected chi connectivity index (χ3v) is 7.41. The van der Waals surface area contributed by atoms with Crippen molar-refractivity contribution in [2.24, 2.45) is 5.10 Å². The van der Waals surface area contributed by atoms with Gasteiger partial charge < -0.3 is 19.5 Å². The molecule has 2 N–H and O–H groups in total. The van der Waals surface area contributed by atoms with Crippen molar-refractivity contribution in [1.82, 2.24) is 5.43 Å². The summed E-state index contributed by atoms with van der Waals surface area (Å²) in [6.07, 6.45) is 2.44. The van der Waals surface area contributed by atoms with Crippen LogP contribution >= 0.6 is 0 Å². The standard InChI is InChI=1S/C32H32N4O7S/c1-23(36(44(3,39)40)26-13-19-30(20-14-26)43-29-7-5-4-6-8-29)32(38)35-33-21-24-9-15-28(16-10-24)42-22-31(37)34-25-11-17-27(41-2)18-12-25/h4-21,23H,22H2,1-3H3,(H,34,37)(H,35,38)/b33-21-/t23-/m1/s1. The number of hydrogen-bond acceptors (Lipinski definition) is 8. The number of nitrogens with zero attached hydrogens (tertiary/aromatic N) is 2. The van der Waals surface area contributed by atoms with Crippen molar-refractivity contribution >= 4 is 39.4 Å². The molecule has 0 aromatic heterocycles. The minimum absolute atomic E-state index is 0.187. The zero-order chi connectivity index (χ0) is 31.5. The molecule has 44 heavy (non-hydrogen) atoms. The molecule has 228 valence electrons. The molecule has 4 aromatic rings. The molecule has 4 rings (SSSR count). The molecule has 0 spiro atoms. The topological polar surface area (TPSA) is 136 Å². The molecule has 0 fully saturated rings. The van der Waals surface area contributed by atoms with Crippen molar-refractivity contribution in [1.29, 1.82) is 0 Å². The van der Waals surface area contributed by atoms with E-state index in [9.17, 15) is 18.0 Å². The average Bonchev–Trinajstić information content (AvgIpc) is 3.02. The number of hydrogen-bond donors (Lipinski definition) is 2. The Hall–Kier alpha value is -5.36. The highest BCUT2D eigenvalue weighted by Crippen LogP contribution is 2.27. The quantitative estimate of drug-likeness (QED) is 0.163. The lowest BCUT2D eigenvalue weighted by molar-refractivity contribution is -0.121. The second kappa shape index (κ2) is 14.7. The van der Waals surface area contributed by atoms with Crippen LogP contribution in [-0.2, 0) is 19.6 Å². The summed E-state index contributed by atoms with van der Waals surface area (Å²) in [5, 5.41) is 6.70. The number of ether oxygens (including phenoxy) is 3. The molecule has 2 amide bonds. The number of para-hydroxylation sites is 1. The molecule has 4 aromatic carbocycles. The van der Waals surface area contributed by atoms with E-state index >= 15 is 0 Å². The van der Waals surface area contributed by atoms with Crippen LogP contribution in [0.25, 0.3) is 0 Å². The summed E-state index contributed by atoms with van der Waals surface area (Å²) >= 11 is 0. The number of carbonyl (C=O) groups excluding carboxylic acids is 2. The largest absolute Gasteiger partial charge is 0.497 e. The number of carbonyl (C=O) groups is 2. The molecule has 0 saturated heterocycles. The normalized spacial score (nSPS) is 11.8. The minimum Gasteiger partial charge on any atom is -0.497 e. The van der Waals surface area contributed by atoms with Crippen LogP contribution in [0.5, 0.6) is 23.0 Å². The van der Waals surface area contributed by atoms with Crippen LogP contribution in [0.1, 0.15) is 12.5 Å². The van der Waals surface area contributed by atoms with Gasteiger partial charge in [0.25, 0.3) is 11.8 Å². The number of hydrazone groups is 1. The first-order chi connectivity index (χ1) is 21.1. The maximum atomic E-state index is 12.8. The second-order valence-corrected chi connectivity index (χ2v) is 11.4. The number of amides is 2. The van der Waals surface area contributed by atoms with Crippen molar-refractivity contribution in [2.45, 2.75) is 13.0 Å². The van der Waals surface area contributed by atoms with Crippen molar-refractivity contribution in [2.75, 3.05) is 29.6 Å². The predicted octanol–water partition coefficient (Wildman–Crippen LogP) is 4.81. The Kier molecular flexibility index (Phi) is 10.5. The van der Waals surface area contributed by atoms with E-state index in [0.717, 1.165) is 10.6 Å². The number of rotatable bonds is 13. The summed E-state index contributed by atoms with van der Waals surface area (Å²) in [6.45, 7) is 1.28. The molecule has 0 saturated carbocycles. The van der Waals surface area contributed by atoms with E-state index in [1.807, 2.05) is 18.2 Å². The number of nitrogens with one attached hydrogen (secondary N) is 2. The van der Waals surface area contributed by atoms with Gasteiger partial charge in [-0.05, 0) is 97.4 Å². The van der Waals surface area contributed by atoms with Crippen LogP contribution in [0.4, 0.5) is 11.4 Å². The van der Waals surface area contributed by atoms with Crippen LogP contribution in [0.2, 0.25) is 0 Å². The Balaban J connectivity index is 1.29. The third-order valence-electron chi connectivity index (χ3n) is 6.17. The van der Waals surface area contributed by atoms with Crippen molar-refractivity contribution in [3.05, 3.63) is 109 Å². The Morgan fingerprint density at radius 1 is 0.841 bits per heavy atom. The number of benzene rings is 4. The van der Waals surface area contributed by atoms with Crippen LogP contribution in [-0.4, -0.2) is 52.5 Å². The van der Waals surface area contributed by atoms with Gasteiger partial charge in [0.05, 0.1) is 25.3 Å². The number of anilines is 2. The molecular formula is C32H32N4O7S. The van der Waals surface area contributed by atoms with Gasteiger partial charge in [-0.15, -0.1) is 0 Å². The smallest absolute Gasteiger partial charge is 0.263 e. The SMILES string of the molecule is COc1ccc(NC(=O)COc2ccc(/C=N\NC(=O)[C@@H](C)N(c3ccc(Oc4ccccc4)cc3)S(C)(=O)=O)cc2)cc1. The molecular weight excluding hydrogens is 584 g/mol. The zero-order valence-corrected chi connectivity index (χ0v) is 25.2. The summed E-state index contributed by atoms with van der Waals surface area (Å²) in [7, 11) is -2.25. The van der Waals surface area contributed by atoms with Gasteiger partial charge in [-0.25, -0.2) is 13.8 Å². The molecule has 0 aliphatic carbocycles. The van der Waals surface area contributed by atoms with E-state index in [-0.39, 0.29) is 12.5 Å². The maximum absolute atomic E-state index is 12.8. The monoisotopic (exact) mass is 616 g/mol. The first kappa shape index (κ1) is 31.6. The third kappa shape index (κ3) is 9.07. The van der Waals surface area contributed by atoms with Crippen molar-refractivity contribution in [3.63, 3.8) is 0 Å². The fraction of sp³-hybridized carbons (Fsp3) is 0.156. The molecule has 0 unspecified atom stereocenters. The van der Waals surface area contributed by atoms with Crippen molar-refractivity contribution in [3.8, 4) is 23.0 Å². The Morgan fingerprint density at radius 3 is 2.05 bits per heavy atom. The predicted molar refractivity (Wildman–Crippen MR) is 169 cm³/mol. The highest BCUT2D eigenvalue weighted by molar-refractivity contribution is 7.92. The number of methoxy groups -OCH3 is 1. The molecule has 0 bridgehead atoms. The average molecular weight is 617 g/mol. The molecule has 0 radical (unpaired) electrons. The minimum atomic E-state index is -3.82. The Morgan fingerprint density at radius 2 is 1.43 bits per heavy atom. The van der Waals surface area contributed by atoms with Crippen LogP contribution in [0, 0.1) is 0 Å². The van der Waals surface area contributed by atoms with E-state index < -0.39 is 22.0 Å². The van der Waals surface area contributed by atoms with Gasteiger partial charge in [0, 0.05) is 5.69 Å². The van der Waals surface area contributed by atoms with E-state index in [0.29, 0.717) is 39.9 Å². The first-order valence-corrected chi connectivity index (χ1v) is 15.3. The summed E-state index contributed by atoms with van der Waals surface area (Å²) in [5.41, 5.74) is 3.95. The highest BCUT2D eigenvalue weighted by Gasteiger charge is 2.29. The molecule has 12 heteroatoms. The van der Waals surface area contributed by atoms with E-state index in [4.69, 9.17) is 14.2 Å². The first-order valence-electron chi connectivity index (χ1n) is 13.4. The van der Waals surface area contributed by atoms with Gasteiger partial charge in [-0.3, -0.25) is 13.9 Å². The molecule has 1 atom stereocenters. The van der Waals surface area contributed by atoms with Gasteiger partial charge in [0.1, 0.15) is 29.0 Å². The summed E-state index contributed by atoms with van der Waals surface area (Å²) < 4.78 is 42.7. The van der Waals surface area contributed by atoms with E-state index in [1.54, 1.807) is 92.0 Å². The molecule has 0 aliphatic heterocycles. The van der Waals surface area contributed by atoms with E-state index in [2.05, 4.69) is 15.8 Å². The summed E-state index contributed by atoms with van der Waals surface area (Å²) in [6, 6.07) is 28.1. The fourth-order valence-electron chi connectivity index (χ4n) is 4.03. The van der Waals surface area contributed by atoms with Gasteiger partial charge in [-0.1, -0.05) is 18.2 Å². The summed E-state index contributed by atoms with van der Waals surface area (Å²) in [4.78, 5) is 25.0. The van der Waals surface area contributed by atoms with E-state index in [1.165, 1.54) is 13.1 Å². The lowest BCUT2D eigenvalue weighted by Crippen LogP contribution is -2.46. The van der Waals surface area contributed by atoms with Gasteiger partial charge in [0.15, 0.2) is 6.61 Å². The maximum Gasteiger partial charge on any atom is 0.263 e. The molecule has 11 nitrogen and oxygen atoms in total. The van der Waals surface area contributed by atoms with Gasteiger partial charge >= 0.3 is 0 Å². The van der Waals surface area contributed by atoms with Gasteiger partial charge in [-0.2, -0.15) is 5.10 Å². The molecule has 0 aliphatic rings. The molecule has 0 heterocycles. The fourth-order valence-corrected chi connectivity index (χ4v) is 5.20. The number of sulfonamides is 1. The van der Waals surface area contributed by atoms with Gasteiger partial charge in [0.2, 0.25) is 10.0 Å². The second-order valence-electron chi connectivity index (χ2n) is 9.51. The lowest BCUT2D eigenvalue weighted by atomic mass is 10.2. The zero-order valence-electron chi connectivity index (χ0n) is 24.3. The Bertz CT molecular complexity index is 1680.